The van der Waals surface area contributed by atoms with Crippen LogP contribution in [0, 0.1) is 0 Å². The molecule has 1 unspecified atom stereocenters. The van der Waals surface area contributed by atoms with Gasteiger partial charge in [0.05, 0.1) is 12.1 Å². The van der Waals surface area contributed by atoms with Crippen LogP contribution in [0.3, 0.4) is 0 Å². The number of hydrogen-bond donors (Lipinski definition) is 1. The number of carbonyl (C=O) groups is 1. The third-order valence-electron chi connectivity index (χ3n) is 2.82. The van der Waals surface area contributed by atoms with Crippen LogP contribution in [0.15, 0.2) is 12.7 Å². The zero-order chi connectivity index (χ0) is 12.3. The Morgan fingerprint density at radius 2 is 2.25 bits per heavy atom. The molecule has 1 heterocycles. The van der Waals surface area contributed by atoms with Crippen LogP contribution >= 0.6 is 0 Å². The number of amides is 1. The van der Waals surface area contributed by atoms with E-state index in [2.05, 4.69) is 10.1 Å². The van der Waals surface area contributed by atoms with Crippen molar-refractivity contribution >= 4 is 5.91 Å². The van der Waals surface area contributed by atoms with Gasteiger partial charge in [-0.25, -0.2) is 9.67 Å². The lowest BCUT2D eigenvalue weighted by molar-refractivity contribution is -0.139. The third-order valence-corrected chi connectivity index (χ3v) is 2.82. The molecule has 0 radical (unpaired) electrons. The van der Waals surface area contributed by atoms with Crippen LogP contribution in [0.5, 0.6) is 0 Å². The van der Waals surface area contributed by atoms with E-state index >= 15 is 0 Å². The van der Waals surface area contributed by atoms with E-state index in [1.54, 1.807) is 27.8 Å². The highest BCUT2D eigenvalue weighted by atomic mass is 16.3. The van der Waals surface area contributed by atoms with Crippen LogP contribution in [-0.2, 0) is 4.79 Å². The maximum Gasteiger partial charge on any atom is 0.247 e. The zero-order valence-electron chi connectivity index (χ0n) is 10.1. The van der Waals surface area contributed by atoms with Gasteiger partial charge in [-0.05, 0) is 20.8 Å². The molecular formula is C10H18N4O2. The summed E-state index contributed by atoms with van der Waals surface area (Å²) in [6, 6.07) is -0.418. The van der Waals surface area contributed by atoms with E-state index in [9.17, 15) is 9.90 Å². The topological polar surface area (TPSA) is 71.2 Å². The summed E-state index contributed by atoms with van der Waals surface area (Å²) in [7, 11) is 1.67. The second-order valence-electron chi connectivity index (χ2n) is 4.42. The number of aromatic nitrogens is 3. The van der Waals surface area contributed by atoms with Gasteiger partial charge in [-0.15, -0.1) is 0 Å². The summed E-state index contributed by atoms with van der Waals surface area (Å²) < 4.78 is 1.49. The molecule has 0 saturated heterocycles. The predicted octanol–water partition coefficient (Wildman–Crippen LogP) is 0.0684. The molecule has 6 nitrogen and oxygen atoms in total. The molecule has 1 rings (SSSR count). The molecule has 90 valence electrons. The van der Waals surface area contributed by atoms with E-state index in [1.807, 2.05) is 0 Å². The first-order chi connectivity index (χ1) is 7.40. The lowest BCUT2D eigenvalue weighted by atomic mass is 10.0. The minimum atomic E-state index is -0.577. The van der Waals surface area contributed by atoms with E-state index in [-0.39, 0.29) is 12.5 Å². The van der Waals surface area contributed by atoms with Crippen molar-refractivity contribution in [3.63, 3.8) is 0 Å². The van der Waals surface area contributed by atoms with Crippen molar-refractivity contribution < 1.29 is 9.90 Å². The number of likely N-dealkylation sites (N-methyl/N-ethyl adjacent to an activating group) is 1. The van der Waals surface area contributed by atoms with Crippen LogP contribution < -0.4 is 0 Å². The summed E-state index contributed by atoms with van der Waals surface area (Å²) in [5.74, 6) is -0.107. The van der Waals surface area contributed by atoms with Crippen molar-refractivity contribution in [3.8, 4) is 0 Å². The zero-order valence-corrected chi connectivity index (χ0v) is 10.1. The summed E-state index contributed by atoms with van der Waals surface area (Å²) in [6.07, 6.45) is 2.89. The summed E-state index contributed by atoms with van der Waals surface area (Å²) in [5, 5.41) is 13.1. The molecule has 0 aliphatic heterocycles. The fourth-order valence-corrected chi connectivity index (χ4v) is 1.22. The second-order valence-corrected chi connectivity index (χ2v) is 4.42. The molecule has 0 fully saturated rings. The third kappa shape index (κ3) is 2.38. The van der Waals surface area contributed by atoms with E-state index in [1.165, 1.54) is 22.2 Å². The van der Waals surface area contributed by atoms with Gasteiger partial charge in [-0.2, -0.15) is 5.10 Å². The Morgan fingerprint density at radius 3 is 2.69 bits per heavy atom. The number of rotatable bonds is 4. The number of nitrogens with zero attached hydrogens (tertiary/aromatic N) is 4. The number of aliphatic hydroxyl groups excluding tert-OH is 1. The number of carbonyl (C=O) groups excluding carboxylic acids is 1. The first-order valence-electron chi connectivity index (χ1n) is 5.13. The van der Waals surface area contributed by atoms with Gasteiger partial charge >= 0.3 is 0 Å². The van der Waals surface area contributed by atoms with Gasteiger partial charge in [0, 0.05) is 7.05 Å². The van der Waals surface area contributed by atoms with Crippen LogP contribution in [0.1, 0.15) is 26.8 Å². The first-order valence-corrected chi connectivity index (χ1v) is 5.13. The molecular weight excluding hydrogens is 208 g/mol. The molecule has 0 aromatic carbocycles. The van der Waals surface area contributed by atoms with Crippen molar-refractivity contribution in [2.75, 3.05) is 13.7 Å². The molecule has 0 aliphatic rings. The van der Waals surface area contributed by atoms with E-state index in [4.69, 9.17) is 0 Å². The standard InChI is InChI=1S/C10H18N4O2/c1-8(14-7-11-6-12-14)9(16)13(4)10(2,3)5-15/h6-8,15H,5H2,1-4H3. The Balaban J connectivity index is 2.79. The van der Waals surface area contributed by atoms with Gasteiger partial charge < -0.3 is 10.0 Å². The van der Waals surface area contributed by atoms with E-state index in [0.29, 0.717) is 0 Å². The monoisotopic (exact) mass is 226 g/mol. The van der Waals surface area contributed by atoms with Crippen molar-refractivity contribution in [3.05, 3.63) is 12.7 Å². The number of aliphatic hydroxyl groups is 1. The van der Waals surface area contributed by atoms with Gasteiger partial charge in [0.2, 0.25) is 5.91 Å². The molecule has 0 spiro atoms. The molecule has 6 heteroatoms. The smallest absolute Gasteiger partial charge is 0.247 e. The fourth-order valence-electron chi connectivity index (χ4n) is 1.22. The predicted molar refractivity (Wildman–Crippen MR) is 58.7 cm³/mol. The molecule has 0 saturated carbocycles. The number of hydrogen-bond acceptors (Lipinski definition) is 4. The molecule has 0 aliphatic carbocycles. The molecule has 16 heavy (non-hydrogen) atoms. The van der Waals surface area contributed by atoms with Crippen LogP contribution in [0.4, 0.5) is 0 Å². The Bertz CT molecular complexity index is 348. The Hall–Kier alpha value is -1.43. The van der Waals surface area contributed by atoms with Crippen molar-refractivity contribution in [1.29, 1.82) is 0 Å². The quantitative estimate of drug-likeness (QED) is 0.788. The SMILES string of the molecule is CC(C(=O)N(C)C(C)(C)CO)n1cncn1. The first kappa shape index (κ1) is 12.6. The van der Waals surface area contributed by atoms with Gasteiger partial charge in [0.1, 0.15) is 18.7 Å². The minimum absolute atomic E-state index is 0.0840. The highest BCUT2D eigenvalue weighted by molar-refractivity contribution is 5.80. The lowest BCUT2D eigenvalue weighted by Gasteiger charge is -2.35. The molecule has 1 atom stereocenters. The average Bonchev–Trinajstić information content (AvgIpc) is 2.79. The van der Waals surface area contributed by atoms with Crippen LogP contribution in [-0.4, -0.2) is 49.9 Å². The maximum absolute atomic E-state index is 12.1. The average molecular weight is 226 g/mol. The van der Waals surface area contributed by atoms with Gasteiger partial charge in [-0.3, -0.25) is 4.79 Å². The Kier molecular flexibility index (Phi) is 3.64. The Morgan fingerprint density at radius 1 is 1.62 bits per heavy atom. The van der Waals surface area contributed by atoms with E-state index < -0.39 is 11.6 Å². The normalized spacial score (nSPS) is 13.6. The highest BCUT2D eigenvalue weighted by Crippen LogP contribution is 2.16. The van der Waals surface area contributed by atoms with E-state index in [0.717, 1.165) is 0 Å². The summed E-state index contributed by atoms with van der Waals surface area (Å²) in [4.78, 5) is 17.4. The van der Waals surface area contributed by atoms with Crippen molar-refractivity contribution in [2.45, 2.75) is 32.4 Å². The summed E-state index contributed by atoms with van der Waals surface area (Å²) in [6.45, 7) is 5.28. The molecule has 1 N–H and O–H groups in total. The molecule has 1 aromatic heterocycles. The summed E-state index contributed by atoms with van der Waals surface area (Å²) >= 11 is 0. The van der Waals surface area contributed by atoms with Crippen LogP contribution in [0.2, 0.25) is 0 Å². The van der Waals surface area contributed by atoms with Gasteiger partial charge in [-0.1, -0.05) is 0 Å². The van der Waals surface area contributed by atoms with Crippen molar-refractivity contribution in [2.24, 2.45) is 0 Å². The van der Waals surface area contributed by atoms with Gasteiger partial charge in [0.15, 0.2) is 0 Å². The summed E-state index contributed by atoms with van der Waals surface area (Å²) in [5.41, 5.74) is -0.577. The van der Waals surface area contributed by atoms with Crippen LogP contribution in [0.25, 0.3) is 0 Å². The highest BCUT2D eigenvalue weighted by Gasteiger charge is 2.30. The fraction of sp³-hybridized carbons (Fsp3) is 0.700. The Labute approximate surface area is 94.9 Å². The molecule has 1 amide bonds. The minimum Gasteiger partial charge on any atom is -0.394 e. The second kappa shape index (κ2) is 4.61. The lowest BCUT2D eigenvalue weighted by Crippen LogP contribution is -2.49. The maximum atomic E-state index is 12.1. The van der Waals surface area contributed by atoms with Gasteiger partial charge in [0.25, 0.3) is 0 Å². The molecule has 1 aromatic rings. The molecule has 0 bridgehead atoms. The van der Waals surface area contributed by atoms with Crippen molar-refractivity contribution in [1.82, 2.24) is 19.7 Å². The largest absolute Gasteiger partial charge is 0.394 e.